The van der Waals surface area contributed by atoms with Gasteiger partial charge in [0.1, 0.15) is 11.4 Å². The number of halogens is 1. The average Bonchev–Trinajstić information content (AvgIpc) is 3.41. The maximum Gasteiger partial charge on any atom is 0.291 e. The number of anilines is 2. The van der Waals surface area contributed by atoms with Gasteiger partial charge >= 0.3 is 0 Å². The van der Waals surface area contributed by atoms with Crippen molar-refractivity contribution in [1.29, 1.82) is 0 Å². The van der Waals surface area contributed by atoms with E-state index in [0.717, 1.165) is 64.5 Å². The second kappa shape index (κ2) is 14.0. The minimum atomic E-state index is -0.369. The fraction of sp³-hybridized carbons (Fsp3) is 0.306. The van der Waals surface area contributed by atoms with Crippen molar-refractivity contribution in [1.82, 2.24) is 29.7 Å². The van der Waals surface area contributed by atoms with E-state index in [0.29, 0.717) is 47.4 Å². The third-order valence-corrected chi connectivity index (χ3v) is 9.25. The molecule has 0 fully saturated rings. The van der Waals surface area contributed by atoms with Crippen LogP contribution in [0.15, 0.2) is 65.6 Å². The van der Waals surface area contributed by atoms with Crippen LogP contribution in [0.2, 0.25) is 0 Å². The number of pyridine rings is 2. The van der Waals surface area contributed by atoms with E-state index in [1.54, 1.807) is 25.6 Å². The Labute approximate surface area is 285 Å². The van der Waals surface area contributed by atoms with Gasteiger partial charge in [-0.2, -0.15) is 0 Å². The van der Waals surface area contributed by atoms with Gasteiger partial charge in [0.2, 0.25) is 0 Å². The first-order valence-corrected chi connectivity index (χ1v) is 16.2. The van der Waals surface area contributed by atoms with Crippen LogP contribution in [0.5, 0.6) is 5.75 Å². The predicted molar refractivity (Wildman–Crippen MR) is 187 cm³/mol. The highest BCUT2D eigenvalue weighted by Gasteiger charge is 2.26. The number of carbonyl (C=O) groups is 2. The zero-order chi connectivity index (χ0) is 33.9. The summed E-state index contributed by atoms with van der Waals surface area (Å²) in [4.78, 5) is 42.3. The van der Waals surface area contributed by atoms with Crippen LogP contribution in [-0.4, -0.2) is 56.9 Å². The van der Waals surface area contributed by atoms with E-state index in [4.69, 9.17) is 16.3 Å². The number of amides is 2. The van der Waals surface area contributed by atoms with Crippen LogP contribution in [0.4, 0.5) is 11.4 Å². The number of hydrogen-bond acceptors (Lipinski definition) is 8. The molecular weight excluding hydrogens is 628 g/mol. The molecule has 4 aromatic rings. The van der Waals surface area contributed by atoms with Crippen LogP contribution >= 0.6 is 11.6 Å². The second-order valence-corrected chi connectivity index (χ2v) is 12.5. The minimum absolute atomic E-state index is 0.222. The van der Waals surface area contributed by atoms with Gasteiger partial charge in [-0.05, 0) is 68.6 Å². The van der Waals surface area contributed by atoms with Crippen molar-refractivity contribution in [3.8, 4) is 5.75 Å². The molecular formula is C36H39ClN8O3. The molecule has 6 rings (SSSR count). The molecule has 1 aliphatic carbocycles. The van der Waals surface area contributed by atoms with E-state index in [2.05, 4.69) is 48.9 Å². The molecule has 0 spiro atoms. The van der Waals surface area contributed by atoms with Crippen LogP contribution in [0.3, 0.4) is 0 Å². The maximum absolute atomic E-state index is 13.4. The highest BCUT2D eigenvalue weighted by molar-refractivity contribution is 6.37. The number of fused-ring (bicyclic) bond motifs is 1. The number of benzene rings is 1. The van der Waals surface area contributed by atoms with E-state index in [-0.39, 0.29) is 17.5 Å². The number of nitrogens with one attached hydrogen (secondary N) is 3. The number of nitrogens with zero attached hydrogens (tertiary/aromatic N) is 5. The minimum Gasteiger partial charge on any atom is -0.496 e. The van der Waals surface area contributed by atoms with Crippen molar-refractivity contribution in [2.45, 2.75) is 46.2 Å². The van der Waals surface area contributed by atoms with Gasteiger partial charge in [-0.3, -0.25) is 19.6 Å². The Hall–Kier alpha value is -5.00. The highest BCUT2D eigenvalue weighted by atomic mass is 35.5. The van der Waals surface area contributed by atoms with Gasteiger partial charge in [-0.25, -0.2) is 4.98 Å². The number of methoxy groups -OCH3 is 1. The van der Waals surface area contributed by atoms with Gasteiger partial charge < -0.3 is 30.2 Å². The van der Waals surface area contributed by atoms with E-state index in [9.17, 15) is 9.59 Å². The van der Waals surface area contributed by atoms with Crippen LogP contribution in [0.1, 0.15) is 67.7 Å². The lowest BCUT2D eigenvalue weighted by Crippen LogP contribution is -2.28. The molecule has 2 amide bonds. The van der Waals surface area contributed by atoms with Crippen molar-refractivity contribution < 1.29 is 14.3 Å². The van der Waals surface area contributed by atoms with Gasteiger partial charge in [0.05, 0.1) is 29.7 Å². The van der Waals surface area contributed by atoms with Crippen LogP contribution in [0.25, 0.3) is 5.57 Å². The molecule has 0 atom stereocenters. The molecule has 4 heterocycles. The number of rotatable bonds is 9. The standard InChI is InChI=1S/C36H39ClN8O3/c1-21-12-13-24(19-38-21)39-17-23-18-40-29(16-32(23)48-5)35(46)42-27-10-6-8-25(22(27)2)26-9-7-11-28(33(26)37)43-36(47)34-41-30-20-44(3)15-14-31(30)45(34)4/h6,8-10,12-13,16,18-19,39H,7,11,14-15,17,20H2,1-5H3,(H,42,46)(H,43,47). The molecule has 12 heteroatoms. The molecule has 0 bridgehead atoms. The Bertz CT molecular complexity index is 1950. The SMILES string of the molecule is COc1cc(C(=O)Nc2cccc(C3=CCCC(NC(=O)c4nc5c(n4C)CCN(C)C5)=C3Cl)c2C)ncc1CNc1ccc(C)nc1. The molecule has 11 nitrogen and oxygen atoms in total. The largest absolute Gasteiger partial charge is 0.496 e. The number of carbonyl (C=O) groups excluding carboxylic acids is 2. The number of likely N-dealkylation sites (N-methyl/N-ethyl adjacent to an activating group) is 1. The van der Waals surface area contributed by atoms with Crippen LogP contribution < -0.4 is 20.7 Å². The first kappa shape index (κ1) is 32.9. The zero-order valence-corrected chi connectivity index (χ0v) is 28.5. The summed E-state index contributed by atoms with van der Waals surface area (Å²) in [6.45, 7) is 5.97. The van der Waals surface area contributed by atoms with E-state index >= 15 is 0 Å². The second-order valence-electron chi connectivity index (χ2n) is 12.1. The van der Waals surface area contributed by atoms with E-state index in [1.165, 1.54) is 0 Å². The lowest BCUT2D eigenvalue weighted by Gasteiger charge is -2.22. The average molecular weight is 667 g/mol. The summed E-state index contributed by atoms with van der Waals surface area (Å²) in [5.74, 6) is 0.276. The number of hydrogen-bond donors (Lipinski definition) is 3. The summed E-state index contributed by atoms with van der Waals surface area (Å²) in [7, 11) is 5.51. The molecule has 3 aromatic heterocycles. The molecule has 0 unspecified atom stereocenters. The number of aryl methyl sites for hydroxylation is 1. The van der Waals surface area contributed by atoms with Gasteiger partial charge in [0.15, 0.2) is 5.82 Å². The van der Waals surface area contributed by atoms with Crippen molar-refractivity contribution in [3.63, 3.8) is 0 Å². The number of aromatic nitrogens is 4. The smallest absolute Gasteiger partial charge is 0.291 e. The molecule has 1 aliphatic heterocycles. The van der Waals surface area contributed by atoms with Crippen molar-refractivity contribution in [2.24, 2.45) is 7.05 Å². The Morgan fingerprint density at radius 3 is 2.62 bits per heavy atom. The molecule has 0 radical (unpaired) electrons. The normalized spacial score (nSPS) is 14.7. The summed E-state index contributed by atoms with van der Waals surface area (Å²) in [5, 5.41) is 9.82. The first-order chi connectivity index (χ1) is 23.1. The number of allylic oxidation sites excluding steroid dienone is 4. The molecule has 3 N–H and O–H groups in total. The summed E-state index contributed by atoms with van der Waals surface area (Å²) >= 11 is 6.96. The Kier molecular flexibility index (Phi) is 9.61. The van der Waals surface area contributed by atoms with Crippen molar-refractivity contribution >= 4 is 40.4 Å². The Morgan fingerprint density at radius 2 is 1.85 bits per heavy atom. The van der Waals surface area contributed by atoms with Crippen LogP contribution in [0, 0.1) is 13.8 Å². The number of imidazole rings is 1. The monoisotopic (exact) mass is 666 g/mol. The highest BCUT2D eigenvalue weighted by Crippen LogP contribution is 2.37. The van der Waals surface area contributed by atoms with E-state index in [1.807, 2.05) is 55.8 Å². The molecule has 0 saturated heterocycles. The van der Waals surface area contributed by atoms with Crippen molar-refractivity contribution in [2.75, 3.05) is 31.3 Å². The lowest BCUT2D eigenvalue weighted by molar-refractivity contribution is 0.0950. The predicted octanol–water partition coefficient (Wildman–Crippen LogP) is 5.75. The summed E-state index contributed by atoms with van der Waals surface area (Å²) in [6, 6.07) is 11.2. The molecule has 1 aromatic carbocycles. The zero-order valence-electron chi connectivity index (χ0n) is 27.8. The Morgan fingerprint density at radius 1 is 1.02 bits per heavy atom. The fourth-order valence-electron chi connectivity index (χ4n) is 6.05. The van der Waals surface area contributed by atoms with Crippen LogP contribution in [-0.2, 0) is 26.6 Å². The third kappa shape index (κ3) is 6.83. The number of ether oxygens (including phenoxy) is 1. The van der Waals surface area contributed by atoms with E-state index < -0.39 is 0 Å². The molecule has 48 heavy (non-hydrogen) atoms. The van der Waals surface area contributed by atoms with Gasteiger partial charge in [-0.15, -0.1) is 0 Å². The quantitative estimate of drug-likeness (QED) is 0.206. The van der Waals surface area contributed by atoms with Gasteiger partial charge in [-0.1, -0.05) is 29.8 Å². The first-order valence-electron chi connectivity index (χ1n) is 15.9. The topological polar surface area (TPSA) is 126 Å². The van der Waals surface area contributed by atoms with Gasteiger partial charge in [0.25, 0.3) is 11.8 Å². The molecule has 2 aliphatic rings. The summed E-state index contributed by atoms with van der Waals surface area (Å²) < 4.78 is 7.47. The molecule has 248 valence electrons. The third-order valence-electron chi connectivity index (χ3n) is 8.82. The Balaban J connectivity index is 1.17. The van der Waals surface area contributed by atoms with Crippen molar-refractivity contribution in [3.05, 3.63) is 111 Å². The maximum atomic E-state index is 13.4. The summed E-state index contributed by atoms with van der Waals surface area (Å²) in [5.41, 5.74) is 8.63. The molecule has 0 saturated carbocycles. The summed E-state index contributed by atoms with van der Waals surface area (Å²) in [6.07, 6.45) is 7.61. The van der Waals surface area contributed by atoms with Gasteiger partial charge in [0, 0.05) is 73.7 Å². The fourth-order valence-corrected chi connectivity index (χ4v) is 6.37. The lowest BCUT2D eigenvalue weighted by atomic mass is 9.93.